The highest BCUT2D eigenvalue weighted by atomic mass is 16.6. The highest BCUT2D eigenvalue weighted by Crippen LogP contribution is 2.29. The third-order valence-electron chi connectivity index (χ3n) is 3.96. The molecule has 0 spiro atoms. The molecule has 0 bridgehead atoms. The molecular formula is C23H24O7. The lowest BCUT2D eigenvalue weighted by Gasteiger charge is -2.12. The zero-order valence-corrected chi connectivity index (χ0v) is 17.0. The van der Waals surface area contributed by atoms with Gasteiger partial charge in [0.1, 0.15) is 0 Å². The van der Waals surface area contributed by atoms with Gasteiger partial charge in [-0.15, -0.1) is 0 Å². The van der Waals surface area contributed by atoms with E-state index in [2.05, 4.69) is 0 Å². The maximum Gasteiger partial charge on any atom is 0.194 e. The average molecular weight is 412 g/mol. The van der Waals surface area contributed by atoms with E-state index in [4.69, 9.17) is 14.2 Å². The van der Waals surface area contributed by atoms with E-state index in [0.717, 1.165) is 0 Å². The maximum absolute atomic E-state index is 12.1. The first-order valence-electron chi connectivity index (χ1n) is 9.14. The van der Waals surface area contributed by atoms with Crippen LogP contribution < -0.4 is 14.2 Å². The quantitative estimate of drug-likeness (QED) is 0.350. The second kappa shape index (κ2) is 10.8. The number of ketones is 2. The Kier molecular flexibility index (Phi) is 8.19. The lowest BCUT2D eigenvalue weighted by molar-refractivity contribution is -0.121. The molecule has 7 heteroatoms. The smallest absolute Gasteiger partial charge is 0.194 e. The van der Waals surface area contributed by atoms with E-state index >= 15 is 0 Å². The summed E-state index contributed by atoms with van der Waals surface area (Å²) in [7, 11) is 2.90. The van der Waals surface area contributed by atoms with Gasteiger partial charge in [0, 0.05) is 0 Å². The van der Waals surface area contributed by atoms with E-state index < -0.39 is 6.29 Å². The van der Waals surface area contributed by atoms with E-state index in [1.54, 1.807) is 42.5 Å². The van der Waals surface area contributed by atoms with Gasteiger partial charge in [0.15, 0.2) is 40.9 Å². The lowest BCUT2D eigenvalue weighted by Crippen LogP contribution is -2.10. The van der Waals surface area contributed by atoms with Gasteiger partial charge in [-0.1, -0.05) is 24.3 Å². The summed E-state index contributed by atoms with van der Waals surface area (Å²) in [6.07, 6.45) is 4.49. The van der Waals surface area contributed by atoms with Gasteiger partial charge >= 0.3 is 0 Å². The van der Waals surface area contributed by atoms with Gasteiger partial charge in [0.05, 0.1) is 20.6 Å². The summed E-state index contributed by atoms with van der Waals surface area (Å²) in [5.41, 5.74) is 1.34. The number of phenols is 1. The van der Waals surface area contributed by atoms with Crippen LogP contribution in [0.4, 0.5) is 0 Å². The second-order valence-electron chi connectivity index (χ2n) is 6.33. The van der Waals surface area contributed by atoms with Crippen LogP contribution in [0.25, 0.3) is 12.2 Å². The first-order valence-corrected chi connectivity index (χ1v) is 9.14. The summed E-state index contributed by atoms with van der Waals surface area (Å²) in [5.74, 6) is 0.384. The Morgan fingerprint density at radius 1 is 0.900 bits per heavy atom. The van der Waals surface area contributed by atoms with E-state index in [0.29, 0.717) is 28.4 Å². The highest BCUT2D eigenvalue weighted by molar-refractivity contribution is 6.10. The Labute approximate surface area is 174 Å². The van der Waals surface area contributed by atoms with E-state index in [-0.39, 0.29) is 23.7 Å². The molecule has 1 atom stereocenters. The topological polar surface area (TPSA) is 102 Å². The zero-order valence-electron chi connectivity index (χ0n) is 17.0. The monoisotopic (exact) mass is 412 g/mol. The zero-order chi connectivity index (χ0) is 22.1. The first kappa shape index (κ1) is 22.7. The van der Waals surface area contributed by atoms with Crippen LogP contribution in [0.15, 0.2) is 48.6 Å². The number of allylic oxidation sites excluding steroid dienone is 2. The van der Waals surface area contributed by atoms with Crippen LogP contribution in [0.5, 0.6) is 23.0 Å². The van der Waals surface area contributed by atoms with E-state index in [1.807, 2.05) is 0 Å². The Bertz CT molecular complexity index is 958. The number of benzene rings is 2. The van der Waals surface area contributed by atoms with Crippen LogP contribution in [0.2, 0.25) is 0 Å². The molecule has 2 aromatic rings. The maximum atomic E-state index is 12.1. The molecule has 1 unspecified atom stereocenters. The van der Waals surface area contributed by atoms with Gasteiger partial charge in [-0.3, -0.25) is 9.59 Å². The highest BCUT2D eigenvalue weighted by Gasteiger charge is 2.08. The number of phenolic OH excluding ortho intramolecular Hbond substituents is 1. The fraction of sp³-hybridized carbons (Fsp3) is 0.217. The van der Waals surface area contributed by atoms with Crippen LogP contribution in [0.1, 0.15) is 24.5 Å². The number of aromatic hydroxyl groups is 1. The number of hydrogen-bond acceptors (Lipinski definition) is 7. The fourth-order valence-electron chi connectivity index (χ4n) is 2.53. The minimum atomic E-state index is -0.983. The molecule has 0 aliphatic carbocycles. The summed E-state index contributed by atoms with van der Waals surface area (Å²) >= 11 is 0. The second-order valence-corrected chi connectivity index (χ2v) is 6.33. The van der Waals surface area contributed by atoms with Crippen molar-refractivity contribution >= 4 is 23.7 Å². The predicted octanol–water partition coefficient (Wildman–Crippen LogP) is 3.38. The molecule has 0 radical (unpaired) electrons. The largest absolute Gasteiger partial charge is 0.504 e. The van der Waals surface area contributed by atoms with Crippen molar-refractivity contribution in [2.75, 3.05) is 14.2 Å². The SMILES string of the molecule is COc1cc(/C=C/C(=O)CC(=O)/C=C/c2ccc(OC(C)O)c(OC)c2)ccc1O. The normalized spacial score (nSPS) is 12.1. The molecule has 0 fully saturated rings. The first-order chi connectivity index (χ1) is 14.3. The summed E-state index contributed by atoms with van der Waals surface area (Å²) < 4.78 is 15.4. The number of ether oxygens (including phenoxy) is 3. The summed E-state index contributed by atoms with van der Waals surface area (Å²) in [5, 5.41) is 18.9. The molecule has 30 heavy (non-hydrogen) atoms. The molecule has 0 aromatic heterocycles. The molecule has 0 aliphatic rings. The van der Waals surface area contributed by atoms with Crippen LogP contribution >= 0.6 is 0 Å². The van der Waals surface area contributed by atoms with Crippen LogP contribution in [-0.2, 0) is 9.59 Å². The molecule has 2 N–H and O–H groups in total. The summed E-state index contributed by atoms with van der Waals surface area (Å²) in [6.45, 7) is 1.48. The van der Waals surface area contributed by atoms with Gasteiger partial charge in [-0.05, 0) is 54.5 Å². The lowest BCUT2D eigenvalue weighted by atomic mass is 10.1. The fourth-order valence-corrected chi connectivity index (χ4v) is 2.53. The van der Waals surface area contributed by atoms with Crippen LogP contribution in [0, 0.1) is 0 Å². The molecule has 0 saturated heterocycles. The number of hydrogen-bond donors (Lipinski definition) is 2. The Hall–Kier alpha value is -3.58. The molecule has 0 saturated carbocycles. The van der Waals surface area contributed by atoms with Crippen molar-refractivity contribution in [1.82, 2.24) is 0 Å². The molecule has 0 aliphatic heterocycles. The number of rotatable bonds is 10. The van der Waals surface area contributed by atoms with Crippen molar-refractivity contribution in [3.05, 3.63) is 59.7 Å². The van der Waals surface area contributed by atoms with Crippen molar-refractivity contribution in [2.24, 2.45) is 0 Å². The van der Waals surface area contributed by atoms with Gasteiger partial charge in [0.2, 0.25) is 0 Å². The van der Waals surface area contributed by atoms with Gasteiger partial charge in [0.25, 0.3) is 0 Å². The molecule has 2 rings (SSSR count). The van der Waals surface area contributed by atoms with Crippen molar-refractivity contribution in [2.45, 2.75) is 19.6 Å². The summed E-state index contributed by atoms with van der Waals surface area (Å²) in [4.78, 5) is 24.1. The minimum Gasteiger partial charge on any atom is -0.504 e. The number of aliphatic hydroxyl groups is 1. The third kappa shape index (κ3) is 6.79. The summed E-state index contributed by atoms with van der Waals surface area (Å²) in [6, 6.07) is 9.64. The van der Waals surface area contributed by atoms with Gasteiger partial charge in [-0.2, -0.15) is 0 Å². The van der Waals surface area contributed by atoms with Gasteiger partial charge < -0.3 is 24.4 Å². The van der Waals surface area contributed by atoms with Gasteiger partial charge in [-0.25, -0.2) is 0 Å². The number of methoxy groups -OCH3 is 2. The molecule has 158 valence electrons. The number of carbonyl (C=O) groups excluding carboxylic acids is 2. The number of aliphatic hydroxyl groups excluding tert-OH is 1. The Morgan fingerprint density at radius 2 is 1.43 bits per heavy atom. The minimum absolute atomic E-state index is 0.00314. The third-order valence-corrected chi connectivity index (χ3v) is 3.96. The van der Waals surface area contributed by atoms with Crippen molar-refractivity contribution < 1.29 is 34.0 Å². The Morgan fingerprint density at radius 3 is 1.97 bits per heavy atom. The van der Waals surface area contributed by atoms with Crippen LogP contribution in [0.3, 0.4) is 0 Å². The molecular weight excluding hydrogens is 388 g/mol. The van der Waals surface area contributed by atoms with Crippen molar-refractivity contribution in [3.8, 4) is 23.0 Å². The molecule has 0 amide bonds. The number of carbonyl (C=O) groups is 2. The van der Waals surface area contributed by atoms with Crippen molar-refractivity contribution in [3.63, 3.8) is 0 Å². The van der Waals surface area contributed by atoms with E-state index in [1.165, 1.54) is 39.4 Å². The molecule has 2 aromatic carbocycles. The van der Waals surface area contributed by atoms with Crippen molar-refractivity contribution in [1.29, 1.82) is 0 Å². The predicted molar refractivity (Wildman–Crippen MR) is 113 cm³/mol. The van der Waals surface area contributed by atoms with E-state index in [9.17, 15) is 19.8 Å². The Balaban J connectivity index is 1.97. The molecule has 0 heterocycles. The standard InChI is InChI=1S/C23H24O7/c1-15(24)30-21-11-7-17(13-23(21)29-3)5-9-19(26)14-18(25)8-4-16-6-10-20(27)22(12-16)28-2/h4-13,15,24,27H,14H2,1-3H3/b8-4+,9-5+. The van der Waals surface area contributed by atoms with Crippen LogP contribution in [-0.4, -0.2) is 42.3 Å². The average Bonchev–Trinajstić information content (AvgIpc) is 2.72. The molecule has 7 nitrogen and oxygen atoms in total.